The van der Waals surface area contributed by atoms with Crippen molar-refractivity contribution in [2.45, 2.75) is 19.3 Å². The molecule has 2 aromatic rings. The van der Waals surface area contributed by atoms with Crippen molar-refractivity contribution in [1.29, 1.82) is 0 Å². The minimum atomic E-state index is -0.999. The maximum atomic E-state index is 12.7. The third kappa shape index (κ3) is 4.79. The Morgan fingerprint density at radius 1 is 1.00 bits per heavy atom. The fraction of sp³-hybridized carbons (Fsp3) is 0.263. The summed E-state index contributed by atoms with van der Waals surface area (Å²) in [5.41, 5.74) is -1.07. The molecule has 30 heavy (non-hydrogen) atoms. The van der Waals surface area contributed by atoms with Gasteiger partial charge in [0.2, 0.25) is 0 Å². The molecule has 1 fully saturated rings. The van der Waals surface area contributed by atoms with Gasteiger partial charge in [0.15, 0.2) is 0 Å². The predicted octanol–water partition coefficient (Wildman–Crippen LogP) is 4.65. The fourth-order valence-corrected chi connectivity index (χ4v) is 3.84. The Hall–Kier alpha value is -2.92. The van der Waals surface area contributed by atoms with Crippen LogP contribution in [0.3, 0.4) is 0 Å². The van der Waals surface area contributed by atoms with Crippen LogP contribution in [0.5, 0.6) is 5.75 Å². The minimum absolute atomic E-state index is 0.159. The number of benzene rings is 2. The second-order valence-electron chi connectivity index (χ2n) is 6.60. The van der Waals surface area contributed by atoms with Crippen LogP contribution in [0.15, 0.2) is 40.9 Å². The first-order chi connectivity index (χ1) is 14.3. The number of nitrogens with zero attached hydrogens (tertiary/aromatic N) is 3. The molecule has 156 valence electrons. The Bertz CT molecular complexity index is 1040. The van der Waals surface area contributed by atoms with Crippen LogP contribution >= 0.6 is 28.1 Å². The van der Waals surface area contributed by atoms with E-state index >= 15 is 0 Å². The monoisotopic (exact) mass is 493 g/mol. The molecule has 0 saturated carbocycles. The Morgan fingerprint density at radius 2 is 1.70 bits per heavy atom. The highest BCUT2D eigenvalue weighted by atomic mass is 79.9. The normalized spacial score (nSPS) is 13.6. The van der Waals surface area contributed by atoms with Crippen LogP contribution in [0.1, 0.15) is 35.2 Å². The zero-order valence-corrected chi connectivity index (χ0v) is 18.0. The molecule has 0 spiro atoms. The molecule has 0 bridgehead atoms. The van der Waals surface area contributed by atoms with Crippen LogP contribution in [-0.2, 0) is 0 Å². The number of nitro benzene ring substituents is 2. The lowest BCUT2D eigenvalue weighted by Crippen LogP contribution is -2.35. The molecule has 0 N–H and O–H groups in total. The van der Waals surface area contributed by atoms with E-state index in [1.54, 1.807) is 18.2 Å². The molecule has 0 atom stereocenters. The van der Waals surface area contributed by atoms with E-state index in [2.05, 4.69) is 15.9 Å². The molecule has 3 rings (SSSR count). The number of thiocarbonyl (C=S) groups is 1. The van der Waals surface area contributed by atoms with E-state index in [-0.39, 0.29) is 11.3 Å². The number of hydrogen-bond acceptors (Lipinski definition) is 7. The Labute approximate surface area is 185 Å². The lowest BCUT2D eigenvalue weighted by molar-refractivity contribution is -0.394. The van der Waals surface area contributed by atoms with Gasteiger partial charge in [-0.2, -0.15) is 0 Å². The van der Waals surface area contributed by atoms with Crippen molar-refractivity contribution in [1.82, 2.24) is 4.90 Å². The van der Waals surface area contributed by atoms with Gasteiger partial charge in [-0.05, 0) is 43.5 Å². The van der Waals surface area contributed by atoms with Crippen LogP contribution in [0.25, 0.3) is 0 Å². The second-order valence-corrected chi connectivity index (χ2v) is 7.90. The van der Waals surface area contributed by atoms with Crippen LogP contribution < -0.4 is 4.74 Å². The summed E-state index contributed by atoms with van der Waals surface area (Å²) in [5, 5.41) is 22.2. The number of nitro groups is 2. The van der Waals surface area contributed by atoms with Crippen molar-refractivity contribution in [2.75, 3.05) is 13.1 Å². The number of rotatable bonds is 5. The number of piperidine rings is 1. The molecule has 1 saturated heterocycles. The number of ether oxygens (including phenoxy) is 1. The predicted molar refractivity (Wildman–Crippen MR) is 116 cm³/mol. The molecule has 1 aliphatic rings. The number of hydrogen-bond donors (Lipinski definition) is 0. The van der Waals surface area contributed by atoms with Crippen molar-refractivity contribution >= 4 is 50.5 Å². The third-order valence-electron chi connectivity index (χ3n) is 4.63. The van der Waals surface area contributed by atoms with Crippen molar-refractivity contribution in [3.05, 3.63) is 72.2 Å². The summed E-state index contributed by atoms with van der Waals surface area (Å²) in [6.07, 6.45) is 3.15. The standard InChI is InChI=1S/C19H16BrN3O6S/c20-12-4-7-17(15(10-12)18(30)21-8-2-1-3-9-21)29-19(24)14-6-5-13(22(25)26)11-16(14)23(27)28/h4-7,10-11H,1-3,8-9H2. The average molecular weight is 494 g/mol. The zero-order valence-electron chi connectivity index (χ0n) is 15.6. The van der Waals surface area contributed by atoms with Crippen molar-refractivity contribution in [3.8, 4) is 5.75 Å². The van der Waals surface area contributed by atoms with Crippen molar-refractivity contribution in [2.24, 2.45) is 0 Å². The largest absolute Gasteiger partial charge is 0.422 e. The van der Waals surface area contributed by atoms with Gasteiger partial charge < -0.3 is 9.64 Å². The lowest BCUT2D eigenvalue weighted by atomic mass is 10.1. The molecule has 0 amide bonds. The Morgan fingerprint density at radius 3 is 2.33 bits per heavy atom. The number of carbonyl (C=O) groups is 1. The molecule has 2 aromatic carbocycles. The summed E-state index contributed by atoms with van der Waals surface area (Å²) in [5.74, 6) is -0.840. The quantitative estimate of drug-likeness (QED) is 0.194. The summed E-state index contributed by atoms with van der Waals surface area (Å²) >= 11 is 8.98. The summed E-state index contributed by atoms with van der Waals surface area (Å²) < 4.78 is 6.18. The van der Waals surface area contributed by atoms with Crippen LogP contribution in [0.2, 0.25) is 0 Å². The number of carbonyl (C=O) groups excluding carboxylic acids is 1. The smallest absolute Gasteiger partial charge is 0.350 e. The van der Waals surface area contributed by atoms with E-state index in [0.29, 0.717) is 10.6 Å². The lowest BCUT2D eigenvalue weighted by Gasteiger charge is -2.29. The number of non-ortho nitro benzene ring substituents is 1. The second kappa shape index (κ2) is 9.26. The van der Waals surface area contributed by atoms with Crippen LogP contribution in [0, 0.1) is 20.2 Å². The number of halogens is 1. The van der Waals surface area contributed by atoms with E-state index in [1.807, 2.05) is 4.90 Å². The molecule has 0 unspecified atom stereocenters. The fourth-order valence-electron chi connectivity index (χ4n) is 3.14. The number of likely N-dealkylation sites (tertiary alicyclic amines) is 1. The molecule has 9 nitrogen and oxygen atoms in total. The van der Waals surface area contributed by atoms with Crippen molar-refractivity contribution in [3.63, 3.8) is 0 Å². The summed E-state index contributed by atoms with van der Waals surface area (Å²) in [6.45, 7) is 1.60. The molecule has 1 heterocycles. The van der Waals surface area contributed by atoms with Gasteiger partial charge in [-0.3, -0.25) is 20.2 Å². The number of esters is 1. The SMILES string of the molecule is O=C(Oc1ccc(Br)cc1C(=S)N1CCCCC1)c1ccc([N+](=O)[O-])cc1[N+](=O)[O-]. The summed E-state index contributed by atoms with van der Waals surface area (Å²) in [6, 6.07) is 7.70. The minimum Gasteiger partial charge on any atom is -0.422 e. The maximum Gasteiger partial charge on any atom is 0.350 e. The molecular formula is C19H16BrN3O6S. The van der Waals surface area contributed by atoms with Gasteiger partial charge in [0.1, 0.15) is 16.3 Å². The summed E-state index contributed by atoms with van der Waals surface area (Å²) in [4.78, 5) is 35.8. The average Bonchev–Trinajstić information content (AvgIpc) is 2.74. The van der Waals surface area contributed by atoms with Gasteiger partial charge in [0, 0.05) is 23.6 Å². The van der Waals surface area contributed by atoms with E-state index in [4.69, 9.17) is 17.0 Å². The van der Waals surface area contributed by atoms with E-state index in [1.165, 1.54) is 0 Å². The topological polar surface area (TPSA) is 116 Å². The van der Waals surface area contributed by atoms with E-state index < -0.39 is 27.2 Å². The first-order valence-corrected chi connectivity index (χ1v) is 10.2. The third-order valence-corrected chi connectivity index (χ3v) is 5.60. The Balaban J connectivity index is 1.93. The van der Waals surface area contributed by atoms with Gasteiger partial charge in [-0.15, -0.1) is 0 Å². The highest BCUT2D eigenvalue weighted by molar-refractivity contribution is 9.10. The summed E-state index contributed by atoms with van der Waals surface area (Å²) in [7, 11) is 0. The Kier molecular flexibility index (Phi) is 6.73. The first-order valence-electron chi connectivity index (χ1n) is 9.02. The highest BCUT2D eigenvalue weighted by Crippen LogP contribution is 2.30. The van der Waals surface area contributed by atoms with Gasteiger partial charge >= 0.3 is 5.97 Å². The van der Waals surface area contributed by atoms with Crippen molar-refractivity contribution < 1.29 is 19.4 Å². The maximum absolute atomic E-state index is 12.7. The van der Waals surface area contributed by atoms with Gasteiger partial charge in [0.25, 0.3) is 11.4 Å². The van der Waals surface area contributed by atoms with E-state index in [0.717, 1.165) is 55.0 Å². The van der Waals surface area contributed by atoms with Crippen LogP contribution in [-0.4, -0.2) is 38.8 Å². The zero-order chi connectivity index (χ0) is 21.8. The molecule has 0 radical (unpaired) electrons. The van der Waals surface area contributed by atoms with Gasteiger partial charge in [-0.25, -0.2) is 4.79 Å². The molecule has 0 aromatic heterocycles. The van der Waals surface area contributed by atoms with Gasteiger partial charge in [0.05, 0.1) is 21.5 Å². The van der Waals surface area contributed by atoms with E-state index in [9.17, 15) is 25.0 Å². The highest BCUT2D eigenvalue weighted by Gasteiger charge is 2.27. The molecular weight excluding hydrogens is 478 g/mol. The molecule has 1 aliphatic heterocycles. The van der Waals surface area contributed by atoms with Gasteiger partial charge in [-0.1, -0.05) is 28.1 Å². The molecule has 0 aliphatic carbocycles. The first kappa shape index (κ1) is 21.8. The van der Waals surface area contributed by atoms with Crippen LogP contribution in [0.4, 0.5) is 11.4 Å². The molecule has 11 heteroatoms.